The Morgan fingerprint density at radius 1 is 1.12 bits per heavy atom. The van der Waals surface area contributed by atoms with Crippen molar-refractivity contribution in [2.24, 2.45) is 0 Å². The zero-order valence-corrected chi connectivity index (χ0v) is 14.6. The van der Waals surface area contributed by atoms with Crippen LogP contribution in [0.2, 0.25) is 0 Å². The van der Waals surface area contributed by atoms with Crippen LogP contribution in [-0.2, 0) is 0 Å². The molecule has 8 nitrogen and oxygen atoms in total. The summed E-state index contributed by atoms with van der Waals surface area (Å²) in [5, 5.41) is 21.0. The molecule has 0 bridgehead atoms. The van der Waals surface area contributed by atoms with Gasteiger partial charge in [0.25, 0.3) is 0 Å². The van der Waals surface area contributed by atoms with E-state index in [1.165, 1.54) is 25.6 Å². The summed E-state index contributed by atoms with van der Waals surface area (Å²) in [6, 6.07) is 4.24. The lowest BCUT2D eigenvalue weighted by atomic mass is 10.1. The third-order valence-corrected chi connectivity index (χ3v) is 4.32. The number of anilines is 3. The summed E-state index contributed by atoms with van der Waals surface area (Å²) in [5.74, 6) is 1.20. The fourth-order valence-electron chi connectivity index (χ4n) is 2.99. The minimum Gasteiger partial charge on any atom is -0.393 e. The zero-order chi connectivity index (χ0) is 17.9. The van der Waals surface area contributed by atoms with Gasteiger partial charge in [0.15, 0.2) is 11.6 Å². The van der Waals surface area contributed by atoms with Crippen LogP contribution in [0, 0.1) is 22.7 Å². The Hall–Kier alpha value is -2.58. The predicted octanol–water partition coefficient (Wildman–Crippen LogP) is 1.59. The Morgan fingerprint density at radius 2 is 1.80 bits per heavy atom. The number of hydrogen-bond acceptors (Lipinski definition) is 8. The van der Waals surface area contributed by atoms with Crippen LogP contribution in [0.1, 0.15) is 32.1 Å². The second kappa shape index (κ2) is 10.3. The maximum atomic E-state index is 8.83. The monoisotopic (exact) mass is 342 g/mol. The van der Waals surface area contributed by atoms with Gasteiger partial charge in [-0.2, -0.15) is 10.5 Å². The van der Waals surface area contributed by atoms with Crippen molar-refractivity contribution in [1.82, 2.24) is 14.9 Å². The topological polar surface area (TPSA) is 118 Å². The van der Waals surface area contributed by atoms with Gasteiger partial charge in [-0.15, -0.1) is 0 Å². The zero-order valence-electron chi connectivity index (χ0n) is 14.6. The van der Waals surface area contributed by atoms with Gasteiger partial charge in [0.05, 0.1) is 25.0 Å². The molecule has 0 aromatic carbocycles. The van der Waals surface area contributed by atoms with Gasteiger partial charge in [-0.25, -0.2) is 9.97 Å². The van der Waals surface area contributed by atoms with E-state index in [0.717, 1.165) is 26.2 Å². The number of nitrogens with zero attached hydrogens (tertiary/aromatic N) is 6. The van der Waals surface area contributed by atoms with Crippen LogP contribution >= 0.6 is 0 Å². The number of rotatable bonds is 9. The van der Waals surface area contributed by atoms with Crippen LogP contribution in [0.15, 0.2) is 6.33 Å². The highest BCUT2D eigenvalue weighted by Crippen LogP contribution is 2.26. The highest BCUT2D eigenvalue weighted by atomic mass is 15.2. The van der Waals surface area contributed by atoms with Gasteiger partial charge in [0.1, 0.15) is 12.0 Å². The van der Waals surface area contributed by atoms with E-state index in [9.17, 15) is 0 Å². The first-order valence-electron chi connectivity index (χ1n) is 8.81. The van der Waals surface area contributed by atoms with Crippen molar-refractivity contribution in [3.05, 3.63) is 6.33 Å². The Morgan fingerprint density at radius 3 is 2.44 bits per heavy atom. The van der Waals surface area contributed by atoms with Crippen LogP contribution in [0.4, 0.5) is 17.3 Å². The SMILES string of the molecule is N#CCCN(CCC#N)c1ncnc(NCCN2CCCCC2)c1N. The normalized spacial score (nSPS) is 14.5. The van der Waals surface area contributed by atoms with Crippen molar-refractivity contribution in [2.75, 3.05) is 55.2 Å². The molecule has 1 aliphatic heterocycles. The number of nitrogen functional groups attached to an aromatic ring is 1. The summed E-state index contributed by atoms with van der Waals surface area (Å²) in [7, 11) is 0. The molecule has 0 saturated carbocycles. The highest BCUT2D eigenvalue weighted by molar-refractivity contribution is 5.74. The summed E-state index contributed by atoms with van der Waals surface area (Å²) in [5.41, 5.74) is 6.71. The predicted molar refractivity (Wildman–Crippen MR) is 97.9 cm³/mol. The second-order valence-electron chi connectivity index (χ2n) is 6.09. The largest absolute Gasteiger partial charge is 0.393 e. The molecule has 1 aromatic heterocycles. The van der Waals surface area contributed by atoms with E-state index >= 15 is 0 Å². The molecule has 0 amide bonds. The molecule has 0 atom stereocenters. The van der Waals surface area contributed by atoms with E-state index in [1.54, 1.807) is 0 Å². The minimum atomic E-state index is 0.354. The molecule has 0 spiro atoms. The van der Waals surface area contributed by atoms with E-state index in [1.807, 2.05) is 4.90 Å². The van der Waals surface area contributed by atoms with E-state index < -0.39 is 0 Å². The van der Waals surface area contributed by atoms with E-state index in [-0.39, 0.29) is 0 Å². The summed E-state index contributed by atoms with van der Waals surface area (Å²) in [6.45, 7) is 5.03. The molecule has 3 N–H and O–H groups in total. The van der Waals surface area contributed by atoms with E-state index in [4.69, 9.17) is 16.3 Å². The molecule has 1 aromatic rings. The molecule has 0 aliphatic carbocycles. The number of nitriles is 2. The average Bonchev–Trinajstić information content (AvgIpc) is 2.65. The van der Waals surface area contributed by atoms with Crippen LogP contribution in [-0.4, -0.2) is 54.1 Å². The summed E-state index contributed by atoms with van der Waals surface area (Å²) in [6.07, 6.45) is 6.05. The van der Waals surface area contributed by atoms with Crippen molar-refractivity contribution in [2.45, 2.75) is 32.1 Å². The quantitative estimate of drug-likeness (QED) is 0.694. The first kappa shape index (κ1) is 18.8. The van der Waals surface area contributed by atoms with Gasteiger partial charge in [0, 0.05) is 26.2 Å². The van der Waals surface area contributed by atoms with Crippen LogP contribution < -0.4 is 16.0 Å². The minimum absolute atomic E-state index is 0.354. The highest BCUT2D eigenvalue weighted by Gasteiger charge is 2.15. The number of nitrogens with two attached hydrogens (primary N) is 1. The van der Waals surface area contributed by atoms with Crippen molar-refractivity contribution in [3.8, 4) is 12.1 Å². The lowest BCUT2D eigenvalue weighted by Gasteiger charge is -2.27. The third kappa shape index (κ3) is 5.77. The second-order valence-corrected chi connectivity index (χ2v) is 6.09. The lowest BCUT2D eigenvalue weighted by Crippen LogP contribution is -2.34. The molecule has 1 saturated heterocycles. The number of nitrogens with one attached hydrogen (secondary N) is 1. The Balaban J connectivity index is 1.98. The molecule has 1 aliphatic rings. The van der Waals surface area contributed by atoms with E-state index in [0.29, 0.717) is 43.3 Å². The molecule has 25 heavy (non-hydrogen) atoms. The molecule has 0 unspecified atom stereocenters. The fraction of sp³-hybridized carbons (Fsp3) is 0.647. The first-order chi connectivity index (χ1) is 12.3. The lowest BCUT2D eigenvalue weighted by molar-refractivity contribution is 0.237. The summed E-state index contributed by atoms with van der Waals surface area (Å²) >= 11 is 0. The van der Waals surface area contributed by atoms with E-state index in [2.05, 4.69) is 32.3 Å². The molecule has 0 radical (unpaired) electrons. The van der Waals surface area contributed by atoms with Gasteiger partial charge in [0.2, 0.25) is 0 Å². The Labute approximate surface area is 149 Å². The van der Waals surface area contributed by atoms with Crippen molar-refractivity contribution >= 4 is 17.3 Å². The van der Waals surface area contributed by atoms with Gasteiger partial charge in [-0.05, 0) is 25.9 Å². The summed E-state index contributed by atoms with van der Waals surface area (Å²) < 4.78 is 0. The number of aromatic nitrogens is 2. The molecule has 2 heterocycles. The first-order valence-corrected chi connectivity index (χ1v) is 8.81. The van der Waals surface area contributed by atoms with Gasteiger partial charge in [-0.1, -0.05) is 6.42 Å². The van der Waals surface area contributed by atoms with Crippen molar-refractivity contribution in [3.63, 3.8) is 0 Å². The number of piperidine rings is 1. The average molecular weight is 342 g/mol. The molecular weight excluding hydrogens is 316 g/mol. The van der Waals surface area contributed by atoms with Crippen molar-refractivity contribution in [1.29, 1.82) is 10.5 Å². The third-order valence-electron chi connectivity index (χ3n) is 4.32. The maximum Gasteiger partial charge on any atom is 0.157 e. The molecule has 1 fully saturated rings. The van der Waals surface area contributed by atoms with Gasteiger partial charge in [-0.3, -0.25) is 0 Å². The van der Waals surface area contributed by atoms with Crippen LogP contribution in [0.25, 0.3) is 0 Å². The number of hydrogen-bond donors (Lipinski definition) is 2. The maximum absolute atomic E-state index is 8.83. The molecular formula is C17H26N8. The van der Waals surface area contributed by atoms with Crippen LogP contribution in [0.3, 0.4) is 0 Å². The molecule has 134 valence electrons. The smallest absolute Gasteiger partial charge is 0.157 e. The molecule has 2 rings (SSSR count). The molecule has 8 heteroatoms. The number of likely N-dealkylation sites (tertiary alicyclic amines) is 1. The van der Waals surface area contributed by atoms with Crippen molar-refractivity contribution < 1.29 is 0 Å². The summed E-state index contributed by atoms with van der Waals surface area (Å²) in [4.78, 5) is 12.8. The van der Waals surface area contributed by atoms with Gasteiger partial charge >= 0.3 is 0 Å². The standard InChI is InChI=1S/C17H26N8/c18-6-4-11-25(12-5-7-19)17-15(20)16(22-14-23-17)21-8-13-24-9-2-1-3-10-24/h14H,1-5,8-13,20H2,(H,21,22,23). The van der Waals surface area contributed by atoms with Gasteiger partial charge < -0.3 is 20.9 Å². The van der Waals surface area contributed by atoms with Crippen LogP contribution in [0.5, 0.6) is 0 Å². The fourth-order valence-corrected chi connectivity index (χ4v) is 2.99. The Bertz CT molecular complexity index is 594. The Kier molecular flexibility index (Phi) is 7.74.